The summed E-state index contributed by atoms with van der Waals surface area (Å²) in [6.07, 6.45) is 0. The molecule has 1 atom stereocenters. The Balaban J connectivity index is 1.06. The van der Waals surface area contributed by atoms with Crippen molar-refractivity contribution < 1.29 is 0 Å². The maximum Gasteiger partial charge on any atom is 0.0731 e. The van der Waals surface area contributed by atoms with E-state index in [1.807, 2.05) is 0 Å². The van der Waals surface area contributed by atoms with E-state index in [9.17, 15) is 0 Å². The number of anilines is 6. The molecule has 0 fully saturated rings. The lowest BCUT2D eigenvalue weighted by Gasteiger charge is -2.32. The molecule has 0 aliphatic heterocycles. The minimum atomic E-state index is -0.566. The number of para-hydroxylation sites is 2. The van der Waals surface area contributed by atoms with Crippen LogP contribution in [0, 0.1) is 0 Å². The lowest BCUT2D eigenvalue weighted by Crippen LogP contribution is -2.26. The average molecular weight is 885 g/mol. The summed E-state index contributed by atoms with van der Waals surface area (Å²) in [7, 11) is 0. The Hall–Kier alpha value is -8.20. The summed E-state index contributed by atoms with van der Waals surface area (Å²) in [5.41, 5.74) is 19.6. The lowest BCUT2D eigenvalue weighted by molar-refractivity contribution is 0.803. The van der Waals surface area contributed by atoms with Crippen LogP contribution in [-0.4, -0.2) is 0 Å². The Labute approximate surface area is 405 Å². The van der Waals surface area contributed by atoms with Crippen molar-refractivity contribution in [3.8, 4) is 22.3 Å². The van der Waals surface area contributed by atoms with Gasteiger partial charge in [-0.15, -0.1) is 0 Å². The van der Waals surface area contributed by atoms with E-state index in [1.165, 1.54) is 88.0 Å². The normalized spacial score (nSPS) is 14.4. The van der Waals surface area contributed by atoms with Crippen molar-refractivity contribution in [3.05, 3.63) is 264 Å². The van der Waals surface area contributed by atoms with Gasteiger partial charge < -0.3 is 9.80 Å². The predicted octanol–water partition coefficient (Wildman–Crippen LogP) is 18.7. The molecule has 11 aromatic rings. The lowest BCUT2D eigenvalue weighted by atomic mass is 9.69. The second-order valence-corrected chi connectivity index (χ2v) is 19.7. The van der Waals surface area contributed by atoms with Crippen molar-refractivity contribution in [2.75, 3.05) is 9.80 Å². The van der Waals surface area contributed by atoms with E-state index >= 15 is 0 Å². The molecule has 0 radical (unpaired) electrons. The summed E-state index contributed by atoms with van der Waals surface area (Å²) >= 11 is 0. The number of rotatable bonds is 8. The fourth-order valence-electron chi connectivity index (χ4n) is 11.8. The zero-order chi connectivity index (χ0) is 46.4. The number of fused-ring (bicyclic) bond motifs is 15. The van der Waals surface area contributed by atoms with Crippen LogP contribution in [0.1, 0.15) is 72.9 Å². The van der Waals surface area contributed by atoms with Gasteiger partial charge in [-0.3, -0.25) is 0 Å². The number of hydrogen-bond donors (Lipinski definition) is 0. The highest BCUT2D eigenvalue weighted by Crippen LogP contribution is 2.65. The molecule has 2 heteroatoms. The van der Waals surface area contributed by atoms with Crippen molar-refractivity contribution in [1.82, 2.24) is 0 Å². The van der Waals surface area contributed by atoms with Crippen LogP contribution in [0.4, 0.5) is 34.1 Å². The molecule has 69 heavy (non-hydrogen) atoms. The molecule has 0 bridgehead atoms. The SMILES string of the molecule is CC(C)c1ccc(N(c2ccccc2)c2ccc3cc4c(cc3c2)C2(c3ccccc3-c3c2ccc2ccccc32)c2c-4ccc3cc(N(c4ccccc4)c4ccc(C(C)C)cc4)ccc23)cc1. The Morgan fingerprint density at radius 1 is 0.304 bits per heavy atom. The Kier molecular flexibility index (Phi) is 9.49. The zero-order valence-corrected chi connectivity index (χ0v) is 39.5. The van der Waals surface area contributed by atoms with E-state index in [2.05, 4.69) is 268 Å². The zero-order valence-electron chi connectivity index (χ0n) is 39.5. The molecule has 1 unspecified atom stereocenters. The summed E-state index contributed by atoms with van der Waals surface area (Å²) in [4.78, 5) is 4.80. The van der Waals surface area contributed by atoms with Crippen LogP contribution < -0.4 is 9.80 Å². The fourth-order valence-corrected chi connectivity index (χ4v) is 11.8. The van der Waals surface area contributed by atoms with E-state index < -0.39 is 5.41 Å². The van der Waals surface area contributed by atoms with Crippen LogP contribution >= 0.6 is 0 Å². The minimum Gasteiger partial charge on any atom is -0.310 e. The summed E-state index contributed by atoms with van der Waals surface area (Å²) < 4.78 is 0. The number of hydrogen-bond acceptors (Lipinski definition) is 2. The Morgan fingerprint density at radius 2 is 0.826 bits per heavy atom. The third kappa shape index (κ3) is 6.32. The van der Waals surface area contributed by atoms with Crippen molar-refractivity contribution in [3.63, 3.8) is 0 Å². The van der Waals surface area contributed by atoms with Gasteiger partial charge in [-0.2, -0.15) is 0 Å². The van der Waals surface area contributed by atoms with Gasteiger partial charge in [-0.1, -0.05) is 173 Å². The van der Waals surface area contributed by atoms with E-state index in [-0.39, 0.29) is 0 Å². The summed E-state index contributed by atoms with van der Waals surface area (Å²) in [5, 5.41) is 7.50. The molecule has 0 N–H and O–H groups in total. The average Bonchev–Trinajstić information content (AvgIpc) is 3.86. The van der Waals surface area contributed by atoms with Gasteiger partial charge >= 0.3 is 0 Å². The van der Waals surface area contributed by atoms with E-state index in [0.29, 0.717) is 11.8 Å². The molecule has 11 aromatic carbocycles. The quantitative estimate of drug-likeness (QED) is 0.150. The molecule has 2 nitrogen and oxygen atoms in total. The van der Waals surface area contributed by atoms with E-state index in [1.54, 1.807) is 0 Å². The number of nitrogens with zero attached hydrogens (tertiary/aromatic N) is 2. The Morgan fingerprint density at radius 3 is 1.48 bits per heavy atom. The third-order valence-electron chi connectivity index (χ3n) is 15.1. The van der Waals surface area contributed by atoms with Crippen LogP contribution in [0.25, 0.3) is 54.6 Å². The molecule has 2 aliphatic carbocycles. The summed E-state index contributed by atoms with van der Waals surface area (Å²) in [6.45, 7) is 9.03. The first-order chi connectivity index (χ1) is 33.9. The van der Waals surface area contributed by atoms with Gasteiger partial charge in [-0.05, 0) is 185 Å². The monoisotopic (exact) mass is 884 g/mol. The molecular formula is C67H52N2. The van der Waals surface area contributed by atoms with E-state index in [0.717, 1.165) is 34.1 Å². The standard InChI is InChI=1S/C67H52N2/c1-43(2)45-23-30-53(31-24-45)68(51-16-7-5-8-17-51)55-34-27-48-41-61-59-36-28-49-39-56(69(52-18-9-6-10-19-52)54-32-25-46(26-33-54)44(3)4)35-37-58(49)66(59)67(64(61)42-50(48)40-55)62-22-14-13-21-60(62)65-57-20-12-11-15-47(57)29-38-63(65)67/h5-44H,1-4H3. The van der Waals surface area contributed by atoms with Crippen molar-refractivity contribution in [1.29, 1.82) is 0 Å². The maximum absolute atomic E-state index is 2.54. The predicted molar refractivity (Wildman–Crippen MR) is 293 cm³/mol. The largest absolute Gasteiger partial charge is 0.310 e. The van der Waals surface area contributed by atoms with E-state index in [4.69, 9.17) is 0 Å². The number of benzene rings is 11. The van der Waals surface area contributed by atoms with Crippen LogP contribution in [0.15, 0.2) is 231 Å². The summed E-state index contributed by atoms with van der Waals surface area (Å²) in [6, 6.07) is 86.8. The second kappa shape index (κ2) is 16.0. The fraction of sp³-hybridized carbons (Fsp3) is 0.104. The van der Waals surface area contributed by atoms with Gasteiger partial charge in [0.05, 0.1) is 5.41 Å². The van der Waals surface area contributed by atoms with Crippen LogP contribution in [-0.2, 0) is 5.41 Å². The van der Waals surface area contributed by atoms with Gasteiger partial charge in [0.1, 0.15) is 0 Å². The summed E-state index contributed by atoms with van der Waals surface area (Å²) in [5.74, 6) is 0.923. The van der Waals surface area contributed by atoms with Crippen LogP contribution in [0.3, 0.4) is 0 Å². The molecule has 2 aliphatic rings. The third-order valence-corrected chi connectivity index (χ3v) is 15.1. The van der Waals surface area contributed by atoms with Gasteiger partial charge in [0.25, 0.3) is 0 Å². The van der Waals surface area contributed by atoms with Gasteiger partial charge in [0, 0.05) is 34.1 Å². The highest BCUT2D eigenvalue weighted by atomic mass is 15.1. The topological polar surface area (TPSA) is 6.48 Å². The molecule has 0 saturated heterocycles. The molecule has 330 valence electrons. The highest BCUT2D eigenvalue weighted by Gasteiger charge is 2.53. The molecule has 13 rings (SSSR count). The minimum absolute atomic E-state index is 0.461. The molecule has 1 spiro atoms. The molecule has 0 amide bonds. The van der Waals surface area contributed by atoms with Gasteiger partial charge in [0.15, 0.2) is 0 Å². The smallest absolute Gasteiger partial charge is 0.0731 e. The Bertz CT molecular complexity index is 3780. The molecular weight excluding hydrogens is 833 g/mol. The van der Waals surface area contributed by atoms with Crippen molar-refractivity contribution in [2.45, 2.75) is 44.9 Å². The van der Waals surface area contributed by atoms with Crippen molar-refractivity contribution >= 4 is 66.4 Å². The molecule has 0 aromatic heterocycles. The van der Waals surface area contributed by atoms with Gasteiger partial charge in [-0.25, -0.2) is 0 Å². The molecule has 0 saturated carbocycles. The first-order valence-electron chi connectivity index (χ1n) is 24.5. The van der Waals surface area contributed by atoms with Gasteiger partial charge in [0.2, 0.25) is 0 Å². The van der Waals surface area contributed by atoms with Crippen LogP contribution in [0.2, 0.25) is 0 Å². The van der Waals surface area contributed by atoms with Crippen molar-refractivity contribution in [2.24, 2.45) is 0 Å². The first kappa shape index (κ1) is 41.0. The molecule has 0 heterocycles. The first-order valence-corrected chi connectivity index (χ1v) is 24.5. The second-order valence-electron chi connectivity index (χ2n) is 19.7. The highest BCUT2D eigenvalue weighted by molar-refractivity contribution is 6.11. The maximum atomic E-state index is 2.54. The van der Waals surface area contributed by atoms with Crippen LogP contribution in [0.5, 0.6) is 0 Å².